The lowest BCUT2D eigenvalue weighted by Gasteiger charge is -2.32. The first kappa shape index (κ1) is 23.6. The topological polar surface area (TPSA) is 78.5 Å². The fourth-order valence-corrected chi connectivity index (χ4v) is 4.07. The zero-order valence-corrected chi connectivity index (χ0v) is 18.7. The number of nitrogens with zero attached hydrogens (tertiary/aromatic N) is 3. The molecule has 0 radical (unpaired) electrons. The number of amides is 1. The van der Waals surface area contributed by atoms with Crippen LogP contribution in [0.1, 0.15) is 25.0 Å². The minimum absolute atomic E-state index is 0. The molecule has 0 aliphatic carbocycles. The van der Waals surface area contributed by atoms with Gasteiger partial charge in [0.05, 0.1) is 12.8 Å². The van der Waals surface area contributed by atoms with Gasteiger partial charge in [-0.2, -0.15) is 10.1 Å². The summed E-state index contributed by atoms with van der Waals surface area (Å²) in [5.41, 5.74) is 0.919. The number of cyclic esters (lactones) is 1. The molecule has 2 fully saturated rings. The van der Waals surface area contributed by atoms with Gasteiger partial charge in [-0.05, 0) is 74.7 Å². The van der Waals surface area contributed by atoms with Gasteiger partial charge in [0.2, 0.25) is 0 Å². The van der Waals surface area contributed by atoms with Crippen molar-refractivity contribution in [3.63, 3.8) is 0 Å². The maximum atomic E-state index is 12.1. The van der Waals surface area contributed by atoms with Gasteiger partial charge < -0.3 is 14.3 Å². The number of hydrogen-bond donors (Lipinski definition) is 1. The quantitative estimate of drug-likeness (QED) is 0.614. The van der Waals surface area contributed by atoms with Gasteiger partial charge in [0.25, 0.3) is 0 Å². The number of likely N-dealkylation sites (tertiary alicyclic amines) is 1. The summed E-state index contributed by atoms with van der Waals surface area (Å²) >= 11 is 5.92. The molecule has 2 aromatic rings. The number of furan rings is 1. The standard InChI is InChI=1S/C22H26ClN3O4.ClH/c23-18-3-1-17(2-4-18)21-6-5-19(29-21)13-24-26-15-20(30-22(26)28)14-25-10-7-16(8-11-25)9-12-27;/h1-6,13,16,20,27H,7-12,14-15H2;1H. The largest absolute Gasteiger partial charge is 0.455 e. The molecule has 1 aromatic heterocycles. The number of ether oxygens (including phenoxy) is 1. The van der Waals surface area contributed by atoms with Crippen molar-refractivity contribution in [2.45, 2.75) is 25.4 Å². The molecule has 1 atom stereocenters. The van der Waals surface area contributed by atoms with E-state index in [2.05, 4.69) is 10.0 Å². The van der Waals surface area contributed by atoms with Gasteiger partial charge in [-0.3, -0.25) is 4.90 Å². The molecule has 1 aromatic carbocycles. The average molecular weight is 468 g/mol. The van der Waals surface area contributed by atoms with Gasteiger partial charge in [-0.25, -0.2) is 4.79 Å². The van der Waals surface area contributed by atoms with Crippen molar-refractivity contribution in [1.29, 1.82) is 0 Å². The lowest BCUT2D eigenvalue weighted by molar-refractivity contribution is 0.0866. The number of rotatable bonds is 7. The van der Waals surface area contributed by atoms with Crippen LogP contribution in [0.4, 0.5) is 4.79 Å². The first-order valence-electron chi connectivity index (χ1n) is 10.3. The van der Waals surface area contributed by atoms with Gasteiger partial charge >= 0.3 is 6.09 Å². The molecule has 0 bridgehead atoms. The van der Waals surface area contributed by atoms with Gasteiger partial charge in [-0.1, -0.05) is 11.6 Å². The van der Waals surface area contributed by atoms with Crippen molar-refractivity contribution in [2.75, 3.05) is 32.8 Å². The van der Waals surface area contributed by atoms with Crippen molar-refractivity contribution in [3.8, 4) is 11.3 Å². The number of carbonyl (C=O) groups is 1. The lowest BCUT2D eigenvalue weighted by atomic mass is 9.94. The molecule has 0 saturated carbocycles. The summed E-state index contributed by atoms with van der Waals surface area (Å²) in [6, 6.07) is 11.1. The Balaban J connectivity index is 0.00000272. The highest BCUT2D eigenvalue weighted by Crippen LogP contribution is 2.24. The zero-order chi connectivity index (χ0) is 20.9. The smallest absolute Gasteiger partial charge is 0.430 e. The summed E-state index contributed by atoms with van der Waals surface area (Å²) < 4.78 is 11.3. The average Bonchev–Trinajstić information content (AvgIpc) is 3.35. The summed E-state index contributed by atoms with van der Waals surface area (Å²) in [7, 11) is 0. The monoisotopic (exact) mass is 467 g/mol. The molecule has 1 N–H and O–H groups in total. The Kier molecular flexibility index (Phi) is 8.37. The third-order valence-electron chi connectivity index (χ3n) is 5.64. The SMILES string of the molecule is Cl.O=C1OC(CN2CCC(CCO)CC2)CN1N=Cc1ccc(-c2ccc(Cl)cc2)o1. The Morgan fingerprint density at radius 3 is 2.61 bits per heavy atom. The summed E-state index contributed by atoms with van der Waals surface area (Å²) in [6.45, 7) is 3.35. The predicted molar refractivity (Wildman–Crippen MR) is 122 cm³/mol. The van der Waals surface area contributed by atoms with Crippen LogP contribution in [0.15, 0.2) is 45.9 Å². The highest BCUT2D eigenvalue weighted by molar-refractivity contribution is 6.30. The van der Waals surface area contributed by atoms with Crippen LogP contribution < -0.4 is 0 Å². The minimum Gasteiger partial charge on any atom is -0.455 e. The van der Waals surface area contributed by atoms with Gasteiger partial charge in [0, 0.05) is 23.7 Å². The van der Waals surface area contributed by atoms with E-state index in [0.717, 1.165) is 37.9 Å². The summed E-state index contributed by atoms with van der Waals surface area (Å²) in [5, 5.41) is 15.3. The summed E-state index contributed by atoms with van der Waals surface area (Å²) in [4.78, 5) is 14.5. The van der Waals surface area contributed by atoms with Crippen LogP contribution in [0.5, 0.6) is 0 Å². The Bertz CT molecular complexity index is 879. The molecule has 31 heavy (non-hydrogen) atoms. The Hall–Kier alpha value is -2.06. The van der Waals surface area contributed by atoms with Crippen LogP contribution in [0, 0.1) is 5.92 Å². The van der Waals surface area contributed by atoms with Gasteiger partial charge in [0.1, 0.15) is 17.6 Å². The second-order valence-corrected chi connectivity index (χ2v) is 8.23. The first-order valence-corrected chi connectivity index (χ1v) is 10.7. The van der Waals surface area contributed by atoms with E-state index in [0.29, 0.717) is 35.6 Å². The van der Waals surface area contributed by atoms with Crippen molar-refractivity contribution in [3.05, 3.63) is 47.2 Å². The van der Waals surface area contributed by atoms with Crippen molar-refractivity contribution in [1.82, 2.24) is 9.91 Å². The number of aliphatic hydroxyl groups is 1. The Morgan fingerprint density at radius 1 is 1.16 bits per heavy atom. The van der Waals surface area contributed by atoms with Crippen LogP contribution in [0.3, 0.4) is 0 Å². The van der Waals surface area contributed by atoms with Crippen LogP contribution in [-0.4, -0.2) is 66.2 Å². The van der Waals surface area contributed by atoms with E-state index in [9.17, 15) is 4.79 Å². The van der Waals surface area contributed by atoms with E-state index in [1.807, 2.05) is 36.4 Å². The number of halogens is 2. The second-order valence-electron chi connectivity index (χ2n) is 7.80. The molecule has 7 nitrogen and oxygen atoms in total. The number of aliphatic hydroxyl groups excluding tert-OH is 1. The third-order valence-corrected chi connectivity index (χ3v) is 5.89. The van der Waals surface area contributed by atoms with Crippen LogP contribution in [-0.2, 0) is 4.74 Å². The van der Waals surface area contributed by atoms with Crippen LogP contribution in [0.2, 0.25) is 5.02 Å². The normalized spacial score (nSPS) is 20.3. The second kappa shape index (κ2) is 11.0. The molecule has 2 aliphatic rings. The number of hydrogen-bond acceptors (Lipinski definition) is 6. The van der Waals surface area contributed by atoms with Gasteiger partial charge in [-0.15, -0.1) is 12.4 Å². The number of hydrazone groups is 1. The van der Waals surface area contributed by atoms with E-state index < -0.39 is 6.09 Å². The molecule has 168 valence electrons. The number of carbonyl (C=O) groups excluding carboxylic acids is 1. The molecule has 1 unspecified atom stereocenters. The fraction of sp³-hybridized carbons (Fsp3) is 0.455. The summed E-state index contributed by atoms with van der Waals surface area (Å²) in [6.07, 6.45) is 3.95. The van der Waals surface area contributed by atoms with Crippen LogP contribution in [0.25, 0.3) is 11.3 Å². The molecular formula is C22H27Cl2N3O4. The predicted octanol–water partition coefficient (Wildman–Crippen LogP) is 4.27. The van der Waals surface area contributed by atoms with E-state index >= 15 is 0 Å². The third kappa shape index (κ3) is 6.23. The minimum atomic E-state index is -0.434. The molecule has 3 heterocycles. The Morgan fingerprint density at radius 2 is 1.90 bits per heavy atom. The molecule has 2 aliphatic heterocycles. The summed E-state index contributed by atoms with van der Waals surface area (Å²) in [5.74, 6) is 1.87. The zero-order valence-electron chi connectivity index (χ0n) is 17.2. The highest BCUT2D eigenvalue weighted by atomic mass is 35.5. The van der Waals surface area contributed by atoms with E-state index in [1.54, 1.807) is 0 Å². The molecule has 2 saturated heterocycles. The highest BCUT2D eigenvalue weighted by Gasteiger charge is 2.33. The van der Waals surface area contributed by atoms with Crippen LogP contribution >= 0.6 is 24.0 Å². The van der Waals surface area contributed by atoms with Crippen molar-refractivity contribution < 1.29 is 19.1 Å². The first-order chi connectivity index (χ1) is 14.6. The molecule has 0 spiro atoms. The van der Waals surface area contributed by atoms with E-state index in [1.165, 1.54) is 11.2 Å². The number of piperidine rings is 1. The van der Waals surface area contributed by atoms with Gasteiger partial charge in [0.15, 0.2) is 0 Å². The maximum absolute atomic E-state index is 12.1. The number of benzene rings is 1. The molecule has 9 heteroatoms. The van der Waals surface area contributed by atoms with Crippen molar-refractivity contribution >= 4 is 36.3 Å². The fourth-order valence-electron chi connectivity index (χ4n) is 3.94. The Labute approximate surface area is 193 Å². The molecule has 4 rings (SSSR count). The lowest BCUT2D eigenvalue weighted by Crippen LogP contribution is -2.40. The molecular weight excluding hydrogens is 441 g/mol. The molecule has 1 amide bonds. The van der Waals surface area contributed by atoms with E-state index in [4.69, 9.17) is 25.9 Å². The van der Waals surface area contributed by atoms with E-state index in [-0.39, 0.29) is 25.1 Å². The van der Waals surface area contributed by atoms with Crippen molar-refractivity contribution in [2.24, 2.45) is 11.0 Å². The maximum Gasteiger partial charge on any atom is 0.430 e.